The van der Waals surface area contributed by atoms with Gasteiger partial charge in [-0.3, -0.25) is 0 Å². The average Bonchev–Trinajstić information content (AvgIpc) is 3.06. The molecule has 2 heteroatoms. The van der Waals surface area contributed by atoms with Crippen LogP contribution in [-0.4, -0.2) is 16.6 Å². The molecule has 0 bridgehead atoms. The summed E-state index contributed by atoms with van der Waals surface area (Å²) < 4.78 is 5.88. The Kier molecular flexibility index (Phi) is 3.20. The maximum absolute atomic E-state index is 5.88. The van der Waals surface area contributed by atoms with Crippen molar-refractivity contribution in [2.75, 3.05) is 0 Å². The van der Waals surface area contributed by atoms with Gasteiger partial charge in [-0.2, -0.15) is 11.8 Å². The van der Waals surface area contributed by atoms with Gasteiger partial charge in [0, 0.05) is 10.5 Å². The Balaban J connectivity index is 1.35. The fourth-order valence-corrected chi connectivity index (χ4v) is 3.63. The van der Waals surface area contributed by atoms with Crippen molar-refractivity contribution >= 4 is 11.8 Å². The Morgan fingerprint density at radius 3 is 2.50 bits per heavy atom. The molecule has 0 aromatic heterocycles. The van der Waals surface area contributed by atoms with E-state index in [0.29, 0.717) is 6.10 Å². The molecule has 0 heterocycles. The zero-order chi connectivity index (χ0) is 10.8. The molecule has 2 aliphatic rings. The Hall–Kier alpha value is -0.470. The summed E-state index contributed by atoms with van der Waals surface area (Å²) in [6, 6.07) is 10.5. The number of benzene rings is 1. The minimum Gasteiger partial charge on any atom is -0.373 e. The van der Waals surface area contributed by atoms with Crippen LogP contribution in [0.3, 0.4) is 0 Å². The van der Waals surface area contributed by atoms with Gasteiger partial charge in [-0.05, 0) is 31.2 Å². The van der Waals surface area contributed by atoms with Gasteiger partial charge in [0.1, 0.15) is 0 Å². The molecule has 0 unspecified atom stereocenters. The molecule has 3 rings (SSSR count). The Morgan fingerprint density at radius 2 is 1.81 bits per heavy atom. The Bertz CT molecular complexity index is 328. The monoisotopic (exact) mass is 234 g/mol. The van der Waals surface area contributed by atoms with E-state index in [1.807, 2.05) is 0 Å². The molecule has 0 N–H and O–H groups in total. The maximum Gasteiger partial charge on any atom is 0.0720 e. The molecule has 2 saturated carbocycles. The molecule has 1 aromatic rings. The molecule has 0 radical (unpaired) electrons. The standard InChI is InChI=1S/C14H18OS/c1-2-4-11(5-3-1)10-15-12-8-14(9-12)16-13-6-7-13/h1-5,12-14H,6-10H2. The molecule has 0 atom stereocenters. The third kappa shape index (κ3) is 2.80. The van der Waals surface area contributed by atoms with Gasteiger partial charge in [0.15, 0.2) is 0 Å². The van der Waals surface area contributed by atoms with E-state index in [4.69, 9.17) is 4.74 Å². The number of hydrogen-bond donors (Lipinski definition) is 0. The van der Waals surface area contributed by atoms with Crippen molar-refractivity contribution in [2.24, 2.45) is 0 Å². The lowest BCUT2D eigenvalue weighted by Gasteiger charge is -2.34. The summed E-state index contributed by atoms with van der Waals surface area (Å²) in [6.45, 7) is 0.784. The second kappa shape index (κ2) is 4.80. The first-order chi connectivity index (χ1) is 7.90. The molecule has 86 valence electrons. The smallest absolute Gasteiger partial charge is 0.0720 e. The van der Waals surface area contributed by atoms with Crippen LogP contribution in [-0.2, 0) is 11.3 Å². The van der Waals surface area contributed by atoms with E-state index in [1.54, 1.807) is 0 Å². The Labute approximate surface area is 102 Å². The van der Waals surface area contributed by atoms with E-state index in [0.717, 1.165) is 17.1 Å². The summed E-state index contributed by atoms with van der Waals surface area (Å²) in [5.41, 5.74) is 1.29. The van der Waals surface area contributed by atoms with Crippen LogP contribution in [0.15, 0.2) is 30.3 Å². The van der Waals surface area contributed by atoms with Crippen molar-refractivity contribution in [3.05, 3.63) is 35.9 Å². The largest absolute Gasteiger partial charge is 0.373 e. The third-order valence-electron chi connectivity index (χ3n) is 3.29. The lowest BCUT2D eigenvalue weighted by atomic mass is 9.95. The quantitative estimate of drug-likeness (QED) is 0.769. The summed E-state index contributed by atoms with van der Waals surface area (Å²) in [4.78, 5) is 0. The second-order valence-corrected chi connectivity index (χ2v) is 6.45. The number of ether oxygens (including phenoxy) is 1. The molecule has 0 saturated heterocycles. The minimum absolute atomic E-state index is 0.524. The summed E-state index contributed by atoms with van der Waals surface area (Å²) in [5, 5.41) is 1.90. The van der Waals surface area contributed by atoms with E-state index in [9.17, 15) is 0 Å². The van der Waals surface area contributed by atoms with Gasteiger partial charge in [-0.25, -0.2) is 0 Å². The lowest BCUT2D eigenvalue weighted by Crippen LogP contribution is -2.33. The Morgan fingerprint density at radius 1 is 1.06 bits per heavy atom. The highest BCUT2D eigenvalue weighted by molar-refractivity contribution is 8.00. The van der Waals surface area contributed by atoms with E-state index < -0.39 is 0 Å². The lowest BCUT2D eigenvalue weighted by molar-refractivity contribution is -0.00501. The van der Waals surface area contributed by atoms with E-state index >= 15 is 0 Å². The fraction of sp³-hybridized carbons (Fsp3) is 0.571. The SMILES string of the molecule is c1ccc(COC2CC(SC3CC3)C2)cc1. The van der Waals surface area contributed by atoms with Crippen molar-refractivity contribution in [3.63, 3.8) is 0 Å². The van der Waals surface area contributed by atoms with Gasteiger partial charge in [0.2, 0.25) is 0 Å². The first-order valence-corrected chi connectivity index (χ1v) is 7.15. The van der Waals surface area contributed by atoms with Crippen molar-refractivity contribution in [3.8, 4) is 0 Å². The molecule has 2 fully saturated rings. The summed E-state index contributed by atoms with van der Waals surface area (Å²) in [6.07, 6.45) is 5.98. The van der Waals surface area contributed by atoms with Crippen LogP contribution in [0.1, 0.15) is 31.2 Å². The van der Waals surface area contributed by atoms with Crippen LogP contribution in [0.2, 0.25) is 0 Å². The molecule has 0 aliphatic heterocycles. The normalized spacial score (nSPS) is 28.8. The molecule has 0 amide bonds. The number of rotatable bonds is 5. The summed E-state index contributed by atoms with van der Waals surface area (Å²) in [5.74, 6) is 0. The van der Waals surface area contributed by atoms with Crippen LogP contribution in [0, 0.1) is 0 Å². The molecule has 16 heavy (non-hydrogen) atoms. The van der Waals surface area contributed by atoms with Crippen LogP contribution >= 0.6 is 11.8 Å². The highest BCUT2D eigenvalue weighted by Gasteiger charge is 2.35. The molecule has 1 nitrogen and oxygen atoms in total. The molecule has 2 aliphatic carbocycles. The summed E-state index contributed by atoms with van der Waals surface area (Å²) in [7, 11) is 0. The molecular formula is C14H18OS. The molecule has 1 aromatic carbocycles. The maximum atomic E-state index is 5.88. The van der Waals surface area contributed by atoms with Crippen LogP contribution in [0.5, 0.6) is 0 Å². The predicted molar refractivity (Wildman–Crippen MR) is 68.7 cm³/mol. The second-order valence-electron chi connectivity index (χ2n) is 4.85. The van der Waals surface area contributed by atoms with Gasteiger partial charge >= 0.3 is 0 Å². The van der Waals surface area contributed by atoms with E-state index in [2.05, 4.69) is 42.1 Å². The minimum atomic E-state index is 0.524. The van der Waals surface area contributed by atoms with Crippen LogP contribution in [0.4, 0.5) is 0 Å². The van der Waals surface area contributed by atoms with Gasteiger partial charge in [0.05, 0.1) is 12.7 Å². The fourth-order valence-electron chi connectivity index (χ4n) is 2.03. The van der Waals surface area contributed by atoms with E-state index in [1.165, 1.54) is 31.2 Å². The average molecular weight is 234 g/mol. The van der Waals surface area contributed by atoms with Gasteiger partial charge < -0.3 is 4.74 Å². The van der Waals surface area contributed by atoms with Gasteiger partial charge in [0.25, 0.3) is 0 Å². The van der Waals surface area contributed by atoms with Gasteiger partial charge in [-0.15, -0.1) is 0 Å². The zero-order valence-electron chi connectivity index (χ0n) is 9.47. The number of thioether (sulfide) groups is 1. The third-order valence-corrected chi connectivity index (χ3v) is 4.92. The highest BCUT2D eigenvalue weighted by atomic mass is 32.2. The predicted octanol–water partition coefficient (Wildman–Crippen LogP) is 3.63. The van der Waals surface area contributed by atoms with Crippen LogP contribution < -0.4 is 0 Å². The first kappa shape index (κ1) is 10.7. The zero-order valence-corrected chi connectivity index (χ0v) is 10.3. The van der Waals surface area contributed by atoms with E-state index in [-0.39, 0.29) is 0 Å². The number of hydrogen-bond acceptors (Lipinski definition) is 2. The van der Waals surface area contributed by atoms with Crippen molar-refractivity contribution < 1.29 is 4.74 Å². The van der Waals surface area contributed by atoms with Crippen molar-refractivity contribution in [1.29, 1.82) is 0 Å². The first-order valence-electron chi connectivity index (χ1n) is 6.21. The summed E-state index contributed by atoms with van der Waals surface area (Å²) >= 11 is 2.20. The van der Waals surface area contributed by atoms with Crippen molar-refractivity contribution in [2.45, 2.75) is 48.9 Å². The molecule has 0 spiro atoms. The highest BCUT2D eigenvalue weighted by Crippen LogP contribution is 2.44. The topological polar surface area (TPSA) is 9.23 Å². The van der Waals surface area contributed by atoms with Crippen molar-refractivity contribution in [1.82, 2.24) is 0 Å². The van der Waals surface area contributed by atoms with Gasteiger partial charge in [-0.1, -0.05) is 30.3 Å². The molecular weight excluding hydrogens is 216 g/mol. The van der Waals surface area contributed by atoms with Crippen LogP contribution in [0.25, 0.3) is 0 Å².